The molecule has 288 valence electrons. The smallest absolute Gasteiger partial charge is 0.164 e. The van der Waals surface area contributed by atoms with Gasteiger partial charge in [0.1, 0.15) is 11.2 Å². The molecule has 3 heterocycles. The number of nitrogens with zero attached hydrogens (tertiary/aromatic N) is 4. The fourth-order valence-corrected chi connectivity index (χ4v) is 9.63. The van der Waals surface area contributed by atoms with E-state index in [-0.39, 0.29) is 0 Å². The minimum atomic E-state index is 0.582. The largest absolute Gasteiger partial charge is 0.456 e. The van der Waals surface area contributed by atoms with Crippen molar-refractivity contribution < 1.29 is 4.42 Å². The molecule has 5 nitrogen and oxygen atoms in total. The maximum atomic E-state index is 6.77. The van der Waals surface area contributed by atoms with Gasteiger partial charge in [-0.2, -0.15) is 0 Å². The van der Waals surface area contributed by atoms with Crippen LogP contribution in [-0.2, 0) is 0 Å². The van der Waals surface area contributed by atoms with Crippen LogP contribution in [0.4, 0.5) is 0 Å². The SMILES string of the molecule is c1ccc(-c2ccc(-c3nc(-c4ccccc4)nc(-c4ccc5c(c4)oc4cccc(-c6ccc7c8ccccc8c8cccc9c8c7c6n9-c6ccccc6)c45)n3)cc2)cc1. The molecule has 13 rings (SSSR count). The third kappa shape index (κ3) is 5.25. The molecule has 0 spiro atoms. The zero-order valence-corrected chi connectivity index (χ0v) is 33.3. The Morgan fingerprint density at radius 1 is 0.323 bits per heavy atom. The van der Waals surface area contributed by atoms with Crippen molar-refractivity contribution in [1.82, 2.24) is 19.5 Å². The Bertz CT molecular complexity index is 3830. The molecule has 0 unspecified atom stereocenters. The molecule has 0 radical (unpaired) electrons. The first-order valence-electron chi connectivity index (χ1n) is 20.9. The Morgan fingerprint density at radius 3 is 1.58 bits per heavy atom. The topological polar surface area (TPSA) is 56.7 Å². The van der Waals surface area contributed by atoms with Gasteiger partial charge in [0.25, 0.3) is 0 Å². The van der Waals surface area contributed by atoms with Crippen molar-refractivity contribution in [3.8, 4) is 62.1 Å². The Morgan fingerprint density at radius 2 is 0.855 bits per heavy atom. The lowest BCUT2D eigenvalue weighted by molar-refractivity contribution is 0.669. The van der Waals surface area contributed by atoms with Gasteiger partial charge in [0.2, 0.25) is 0 Å². The van der Waals surface area contributed by atoms with E-state index < -0.39 is 0 Å². The molecular formula is C57H34N4O. The molecule has 13 aromatic rings. The fourth-order valence-electron chi connectivity index (χ4n) is 9.63. The Hall–Kier alpha value is -8.41. The lowest BCUT2D eigenvalue weighted by Crippen LogP contribution is -2.00. The first-order chi connectivity index (χ1) is 30.7. The Kier molecular flexibility index (Phi) is 7.54. The molecule has 0 saturated heterocycles. The maximum Gasteiger partial charge on any atom is 0.164 e. The van der Waals surface area contributed by atoms with Gasteiger partial charge in [-0.1, -0.05) is 170 Å². The maximum absolute atomic E-state index is 6.77. The second kappa shape index (κ2) is 13.6. The molecule has 0 bridgehead atoms. The monoisotopic (exact) mass is 790 g/mol. The number of benzene rings is 10. The number of para-hydroxylation sites is 1. The molecule has 5 heteroatoms. The van der Waals surface area contributed by atoms with E-state index in [4.69, 9.17) is 19.4 Å². The van der Waals surface area contributed by atoms with Crippen LogP contribution in [0.5, 0.6) is 0 Å². The van der Waals surface area contributed by atoms with Gasteiger partial charge in [-0.25, -0.2) is 15.0 Å². The Labute approximate surface area is 356 Å². The minimum Gasteiger partial charge on any atom is -0.456 e. The summed E-state index contributed by atoms with van der Waals surface area (Å²) in [6, 6.07) is 72.6. The molecule has 0 atom stereocenters. The molecular weight excluding hydrogens is 757 g/mol. The summed E-state index contributed by atoms with van der Waals surface area (Å²) in [5, 5.41) is 9.72. The third-order valence-corrected chi connectivity index (χ3v) is 12.4. The summed E-state index contributed by atoms with van der Waals surface area (Å²) in [6.45, 7) is 0. The summed E-state index contributed by atoms with van der Waals surface area (Å²) in [5.41, 5.74) is 12.4. The fraction of sp³-hybridized carbons (Fsp3) is 0. The van der Waals surface area contributed by atoms with Crippen LogP contribution in [0.3, 0.4) is 0 Å². The third-order valence-electron chi connectivity index (χ3n) is 12.4. The molecule has 0 saturated carbocycles. The number of rotatable bonds is 6. The normalized spacial score (nSPS) is 11.9. The van der Waals surface area contributed by atoms with Crippen LogP contribution < -0.4 is 0 Å². The molecule has 10 aromatic carbocycles. The Balaban J connectivity index is 1.01. The summed E-state index contributed by atoms with van der Waals surface area (Å²) in [5.74, 6) is 1.81. The summed E-state index contributed by atoms with van der Waals surface area (Å²) >= 11 is 0. The van der Waals surface area contributed by atoms with Gasteiger partial charge < -0.3 is 8.98 Å². The van der Waals surface area contributed by atoms with Crippen LogP contribution in [-0.4, -0.2) is 19.5 Å². The quantitative estimate of drug-likeness (QED) is 0.157. The molecule has 0 N–H and O–H groups in total. The van der Waals surface area contributed by atoms with E-state index in [2.05, 4.69) is 174 Å². The minimum absolute atomic E-state index is 0.582. The molecule has 0 aliphatic carbocycles. The zero-order chi connectivity index (χ0) is 40.7. The van der Waals surface area contributed by atoms with Crippen LogP contribution in [0.15, 0.2) is 211 Å². The second-order valence-corrected chi connectivity index (χ2v) is 15.9. The lowest BCUT2D eigenvalue weighted by Gasteiger charge is -2.14. The molecule has 0 amide bonds. The van der Waals surface area contributed by atoms with Gasteiger partial charge in [-0.15, -0.1) is 0 Å². The average molecular weight is 791 g/mol. The highest BCUT2D eigenvalue weighted by atomic mass is 16.3. The van der Waals surface area contributed by atoms with Crippen LogP contribution >= 0.6 is 0 Å². The first kappa shape index (κ1) is 34.5. The van der Waals surface area contributed by atoms with Gasteiger partial charge in [-0.05, 0) is 74.6 Å². The van der Waals surface area contributed by atoms with Crippen LogP contribution in [0, 0.1) is 0 Å². The summed E-state index contributed by atoms with van der Waals surface area (Å²) < 4.78 is 9.22. The van der Waals surface area contributed by atoms with Crippen molar-refractivity contribution in [3.63, 3.8) is 0 Å². The molecule has 0 aliphatic heterocycles. The molecule has 0 aliphatic rings. The van der Waals surface area contributed by atoms with Crippen molar-refractivity contribution >= 4 is 65.3 Å². The standard InChI is InChI=1S/C57H34N4O/c1-4-14-35(15-5-1)36-26-28-38(29-27-36)56-58-55(37-16-6-2-7-17-37)59-57(60-56)39-30-31-47-50(34-39)62-49-25-13-23-44(51(47)49)46-33-32-45-42-21-11-10-20-41(42)43-22-12-24-48-52(43)53(45)54(46)61(48)40-18-8-3-9-19-40/h1-34H. The number of hydrogen-bond acceptors (Lipinski definition) is 4. The number of aromatic nitrogens is 4. The first-order valence-corrected chi connectivity index (χ1v) is 20.9. The highest BCUT2D eigenvalue weighted by Gasteiger charge is 2.24. The van der Waals surface area contributed by atoms with Crippen molar-refractivity contribution in [2.45, 2.75) is 0 Å². The number of furan rings is 1. The van der Waals surface area contributed by atoms with E-state index in [9.17, 15) is 0 Å². The van der Waals surface area contributed by atoms with Gasteiger partial charge >= 0.3 is 0 Å². The molecule has 62 heavy (non-hydrogen) atoms. The second-order valence-electron chi connectivity index (χ2n) is 15.9. The van der Waals surface area contributed by atoms with Gasteiger partial charge in [-0.3, -0.25) is 0 Å². The van der Waals surface area contributed by atoms with Crippen LogP contribution in [0.2, 0.25) is 0 Å². The van der Waals surface area contributed by atoms with Crippen molar-refractivity contribution in [3.05, 3.63) is 206 Å². The van der Waals surface area contributed by atoms with Gasteiger partial charge in [0, 0.05) is 49.5 Å². The zero-order valence-electron chi connectivity index (χ0n) is 33.3. The average Bonchev–Trinajstić information content (AvgIpc) is 3.91. The predicted octanol–water partition coefficient (Wildman–Crippen LogP) is 14.9. The van der Waals surface area contributed by atoms with Crippen LogP contribution in [0.1, 0.15) is 0 Å². The van der Waals surface area contributed by atoms with Gasteiger partial charge in [0.15, 0.2) is 17.5 Å². The highest BCUT2D eigenvalue weighted by molar-refractivity contribution is 6.36. The molecule has 3 aromatic heterocycles. The summed E-state index contributed by atoms with van der Waals surface area (Å²) in [4.78, 5) is 15.1. The van der Waals surface area contributed by atoms with Crippen molar-refractivity contribution in [2.75, 3.05) is 0 Å². The number of fused-ring (bicyclic) bond motifs is 6. The van der Waals surface area contributed by atoms with Crippen molar-refractivity contribution in [2.24, 2.45) is 0 Å². The van der Waals surface area contributed by atoms with Gasteiger partial charge in [0.05, 0.1) is 11.0 Å². The number of hydrogen-bond donors (Lipinski definition) is 0. The van der Waals surface area contributed by atoms with E-state index in [1.165, 1.54) is 43.4 Å². The van der Waals surface area contributed by atoms with Crippen molar-refractivity contribution in [1.29, 1.82) is 0 Å². The lowest BCUT2D eigenvalue weighted by atomic mass is 9.91. The van der Waals surface area contributed by atoms with E-state index in [0.29, 0.717) is 17.5 Å². The van der Waals surface area contributed by atoms with E-state index in [1.54, 1.807) is 0 Å². The van der Waals surface area contributed by atoms with E-state index in [1.807, 2.05) is 36.4 Å². The summed E-state index contributed by atoms with van der Waals surface area (Å²) in [6.07, 6.45) is 0. The summed E-state index contributed by atoms with van der Waals surface area (Å²) in [7, 11) is 0. The predicted molar refractivity (Wildman–Crippen MR) is 255 cm³/mol. The highest BCUT2D eigenvalue weighted by Crippen LogP contribution is 2.48. The van der Waals surface area contributed by atoms with E-state index >= 15 is 0 Å². The van der Waals surface area contributed by atoms with E-state index in [0.717, 1.165) is 66.6 Å². The van der Waals surface area contributed by atoms with Crippen LogP contribution in [0.25, 0.3) is 127 Å². The molecule has 0 fully saturated rings.